The zero-order valence-electron chi connectivity index (χ0n) is 19.9. The Balaban J connectivity index is 1.85. The first-order valence-corrected chi connectivity index (χ1v) is 11.0. The monoisotopic (exact) mass is 480 g/mol. The first-order chi connectivity index (χ1) is 16.5. The molecule has 3 aromatic rings. The molecule has 0 aliphatic carbocycles. The molecule has 0 radical (unpaired) electrons. The van der Waals surface area contributed by atoms with Crippen molar-refractivity contribution in [2.75, 3.05) is 5.32 Å². The Morgan fingerprint density at radius 1 is 1.14 bits per heavy atom. The molecule has 4 rings (SSSR count). The number of nitrogens with one attached hydrogen (secondary N) is 3. The summed E-state index contributed by atoms with van der Waals surface area (Å²) in [5.74, 6) is -1.93. The van der Waals surface area contributed by atoms with E-state index in [-0.39, 0.29) is 34.5 Å². The molecule has 0 spiro atoms. The zero-order chi connectivity index (χ0) is 25.5. The number of benzene rings is 2. The van der Waals surface area contributed by atoms with E-state index in [4.69, 9.17) is 5.41 Å². The van der Waals surface area contributed by atoms with Crippen molar-refractivity contribution in [2.45, 2.75) is 39.4 Å². The van der Waals surface area contributed by atoms with Crippen LogP contribution in [0.3, 0.4) is 0 Å². The fourth-order valence-electron chi connectivity index (χ4n) is 3.94. The number of Topliss-reactive ketones (excluding diaryl/α,β-unsaturated/α-hetero) is 1. The average molecular weight is 481 g/mol. The summed E-state index contributed by atoms with van der Waals surface area (Å²) in [5, 5.41) is 14.9. The third-order valence-corrected chi connectivity index (χ3v) is 5.78. The Hall–Kier alpha value is -4.08. The van der Waals surface area contributed by atoms with Crippen molar-refractivity contribution in [2.24, 2.45) is 12.0 Å². The maximum absolute atomic E-state index is 13.9. The van der Waals surface area contributed by atoms with Gasteiger partial charge in [0.25, 0.3) is 5.56 Å². The maximum atomic E-state index is 13.9. The minimum Gasteiger partial charge on any atom is -0.367 e. The van der Waals surface area contributed by atoms with Crippen molar-refractivity contribution in [3.8, 4) is 0 Å². The maximum Gasteiger partial charge on any atom is 0.267 e. The van der Waals surface area contributed by atoms with E-state index in [0.29, 0.717) is 17.7 Å². The molecule has 0 amide bonds. The SMILES string of the molecule is CC(=O)c1ccc(CN/C(Nc2ccc(F)c(F)c2)=c2/c(=O)n(C)c3n(c2=N)CC(C)(C)N=3)cc1. The van der Waals surface area contributed by atoms with Gasteiger partial charge in [-0.3, -0.25) is 24.1 Å². The Bertz CT molecular complexity index is 1570. The minimum atomic E-state index is -1.04. The Labute approximate surface area is 199 Å². The molecule has 0 bridgehead atoms. The lowest BCUT2D eigenvalue weighted by Crippen LogP contribution is -2.59. The van der Waals surface area contributed by atoms with E-state index in [9.17, 15) is 18.4 Å². The lowest BCUT2D eigenvalue weighted by atomic mass is 10.1. The third kappa shape index (κ3) is 4.77. The second-order valence-electron chi connectivity index (χ2n) is 9.13. The van der Waals surface area contributed by atoms with Gasteiger partial charge in [-0.05, 0) is 38.5 Å². The molecule has 3 N–H and O–H groups in total. The van der Waals surface area contributed by atoms with Gasteiger partial charge in [0, 0.05) is 30.9 Å². The van der Waals surface area contributed by atoms with Crippen LogP contribution < -0.4 is 32.5 Å². The van der Waals surface area contributed by atoms with Gasteiger partial charge in [-0.1, -0.05) is 24.3 Å². The number of halogens is 2. The van der Waals surface area contributed by atoms with Gasteiger partial charge in [-0.2, -0.15) is 0 Å². The van der Waals surface area contributed by atoms with Crippen molar-refractivity contribution in [1.29, 1.82) is 5.41 Å². The summed E-state index contributed by atoms with van der Waals surface area (Å²) in [6, 6.07) is 10.3. The normalized spacial score (nSPS) is 14.7. The van der Waals surface area contributed by atoms with Crippen LogP contribution in [0.1, 0.15) is 36.7 Å². The van der Waals surface area contributed by atoms with Gasteiger partial charge in [0.05, 0.1) is 12.1 Å². The summed E-state index contributed by atoms with van der Waals surface area (Å²) in [7, 11) is 1.58. The zero-order valence-corrected chi connectivity index (χ0v) is 19.9. The van der Waals surface area contributed by atoms with Crippen molar-refractivity contribution in [3.63, 3.8) is 0 Å². The van der Waals surface area contributed by atoms with Crippen LogP contribution in [-0.2, 0) is 20.1 Å². The van der Waals surface area contributed by atoms with Crippen LogP contribution in [0.15, 0.2) is 52.3 Å². The molecule has 1 aromatic heterocycles. The summed E-state index contributed by atoms with van der Waals surface area (Å²) in [6.45, 7) is 5.96. The molecule has 35 heavy (non-hydrogen) atoms. The smallest absolute Gasteiger partial charge is 0.267 e. The van der Waals surface area contributed by atoms with E-state index in [1.165, 1.54) is 17.6 Å². The van der Waals surface area contributed by atoms with Crippen LogP contribution in [-0.4, -0.2) is 20.5 Å². The van der Waals surface area contributed by atoms with Crippen LogP contribution in [0.5, 0.6) is 0 Å². The van der Waals surface area contributed by atoms with E-state index in [1.807, 2.05) is 13.8 Å². The summed E-state index contributed by atoms with van der Waals surface area (Å²) < 4.78 is 30.4. The highest BCUT2D eigenvalue weighted by atomic mass is 19.2. The van der Waals surface area contributed by atoms with Crippen LogP contribution in [0, 0.1) is 17.0 Å². The number of aromatic nitrogens is 2. The number of rotatable bonds is 6. The summed E-state index contributed by atoms with van der Waals surface area (Å²) in [6.07, 6.45) is 0. The van der Waals surface area contributed by atoms with Crippen molar-refractivity contribution >= 4 is 17.3 Å². The predicted molar refractivity (Wildman–Crippen MR) is 127 cm³/mol. The van der Waals surface area contributed by atoms with Crippen molar-refractivity contribution in [3.05, 3.63) is 91.9 Å². The summed E-state index contributed by atoms with van der Waals surface area (Å²) in [5.41, 5.74) is 0.977. The molecule has 0 atom stereocenters. The largest absolute Gasteiger partial charge is 0.367 e. The molecule has 10 heteroatoms. The van der Waals surface area contributed by atoms with Crippen molar-refractivity contribution in [1.82, 2.24) is 14.5 Å². The molecule has 0 unspecified atom stereocenters. The van der Waals surface area contributed by atoms with Gasteiger partial charge in [-0.15, -0.1) is 0 Å². The second-order valence-corrected chi connectivity index (χ2v) is 9.13. The van der Waals surface area contributed by atoms with Gasteiger partial charge < -0.3 is 10.6 Å². The second kappa shape index (κ2) is 8.94. The third-order valence-electron chi connectivity index (χ3n) is 5.78. The van der Waals surface area contributed by atoms with Crippen LogP contribution in [0.4, 0.5) is 14.5 Å². The molecular formula is C25H26F2N6O2. The topological polar surface area (TPSA) is 104 Å². The number of anilines is 1. The van der Waals surface area contributed by atoms with E-state index in [2.05, 4.69) is 15.6 Å². The lowest BCUT2D eigenvalue weighted by Gasteiger charge is -2.16. The number of fused-ring (bicyclic) bond motifs is 1. The fraction of sp³-hybridized carbons (Fsp3) is 0.280. The summed E-state index contributed by atoms with van der Waals surface area (Å²) >= 11 is 0. The van der Waals surface area contributed by atoms with Gasteiger partial charge in [0.15, 0.2) is 17.4 Å². The molecule has 2 heterocycles. The quantitative estimate of drug-likeness (QED) is 0.466. The van der Waals surface area contributed by atoms with E-state index < -0.39 is 22.7 Å². The Morgan fingerprint density at radius 3 is 2.46 bits per heavy atom. The molecule has 182 valence electrons. The predicted octanol–water partition coefficient (Wildman–Crippen LogP) is 1.53. The van der Waals surface area contributed by atoms with Crippen LogP contribution in [0.25, 0.3) is 5.82 Å². The number of carbonyl (C=O) groups excluding carboxylic acids is 1. The number of carbonyl (C=O) groups is 1. The molecule has 0 saturated heterocycles. The van der Waals surface area contributed by atoms with E-state index >= 15 is 0 Å². The Kier molecular flexibility index (Phi) is 6.14. The first kappa shape index (κ1) is 24.1. The minimum absolute atomic E-state index is 0.0363. The van der Waals surface area contributed by atoms with Gasteiger partial charge >= 0.3 is 0 Å². The lowest BCUT2D eigenvalue weighted by molar-refractivity contribution is 0.101. The number of ketones is 1. The highest BCUT2D eigenvalue weighted by molar-refractivity contribution is 5.94. The average Bonchev–Trinajstić information content (AvgIpc) is 3.14. The molecule has 0 saturated carbocycles. The van der Waals surface area contributed by atoms with E-state index in [0.717, 1.165) is 17.7 Å². The highest BCUT2D eigenvalue weighted by Gasteiger charge is 2.26. The number of nitrogens with zero attached hydrogens (tertiary/aromatic N) is 3. The Morgan fingerprint density at radius 2 is 1.83 bits per heavy atom. The molecule has 1 aliphatic rings. The highest BCUT2D eigenvalue weighted by Crippen LogP contribution is 2.15. The fourth-order valence-corrected chi connectivity index (χ4v) is 3.94. The number of hydrogen-bond donors (Lipinski definition) is 3. The van der Waals surface area contributed by atoms with Gasteiger partial charge in [0.1, 0.15) is 16.5 Å². The van der Waals surface area contributed by atoms with Crippen LogP contribution in [0.2, 0.25) is 0 Å². The first-order valence-electron chi connectivity index (χ1n) is 11.0. The molecule has 2 aromatic carbocycles. The molecule has 1 aliphatic heterocycles. The molecule has 0 fully saturated rings. The molecular weight excluding hydrogens is 454 g/mol. The van der Waals surface area contributed by atoms with Crippen LogP contribution >= 0.6 is 0 Å². The van der Waals surface area contributed by atoms with Gasteiger partial charge in [0.2, 0.25) is 5.62 Å². The van der Waals surface area contributed by atoms with E-state index in [1.54, 1.807) is 35.9 Å². The standard InChI is InChI=1S/C25H26F2N6O2/c1-14(34)16-7-5-15(6-8-16)12-29-22(30-17-9-10-18(26)19(27)11-17)20-21(28)33-13-25(2,3)31-24(33)32(4)23(20)35/h5-11,28-30H,12-13H2,1-4H3/b22-20-,28-21?. The number of hydrogen-bond acceptors (Lipinski definition) is 6. The van der Waals surface area contributed by atoms with Gasteiger partial charge in [-0.25, -0.2) is 13.8 Å². The van der Waals surface area contributed by atoms with Crippen molar-refractivity contribution < 1.29 is 13.6 Å². The summed E-state index contributed by atoms with van der Waals surface area (Å²) in [4.78, 5) is 29.5. The molecule has 8 nitrogen and oxygen atoms in total.